The van der Waals surface area contributed by atoms with Crippen LogP contribution in [0.15, 0.2) is 24.3 Å². The van der Waals surface area contributed by atoms with E-state index in [1.807, 2.05) is 12.1 Å². The van der Waals surface area contributed by atoms with Gasteiger partial charge in [-0.15, -0.1) is 0 Å². The Balaban J connectivity index is 1.67. The molecule has 21 heavy (non-hydrogen) atoms. The second-order valence-corrected chi connectivity index (χ2v) is 8.42. The quantitative estimate of drug-likeness (QED) is 0.856. The Labute approximate surface area is 127 Å². The Morgan fingerprint density at radius 2 is 2.00 bits per heavy atom. The lowest BCUT2D eigenvalue weighted by molar-refractivity contribution is 0.224. The van der Waals surface area contributed by atoms with Crippen molar-refractivity contribution in [2.24, 2.45) is 5.92 Å². The van der Waals surface area contributed by atoms with E-state index in [1.165, 1.54) is 12.0 Å². The lowest BCUT2D eigenvalue weighted by Gasteiger charge is -2.27. The summed E-state index contributed by atoms with van der Waals surface area (Å²) in [4.78, 5) is 2.47. The van der Waals surface area contributed by atoms with Gasteiger partial charge in [0.05, 0.1) is 18.6 Å². The van der Waals surface area contributed by atoms with Crippen LogP contribution in [0.2, 0.25) is 0 Å². The lowest BCUT2D eigenvalue weighted by Crippen LogP contribution is -2.29. The fraction of sp³-hybridized carbons (Fsp3) is 0.625. The fourth-order valence-electron chi connectivity index (χ4n) is 3.60. The molecular weight excluding hydrogens is 286 g/mol. The number of hydrogen-bond acceptors (Lipinski definition) is 4. The first-order chi connectivity index (χ1) is 10.1. The van der Waals surface area contributed by atoms with Crippen molar-refractivity contribution in [2.45, 2.75) is 25.3 Å². The summed E-state index contributed by atoms with van der Waals surface area (Å²) in [5.74, 6) is 1.94. The molecule has 0 N–H and O–H groups in total. The molecule has 4 nitrogen and oxygen atoms in total. The molecule has 3 rings (SSSR count). The molecule has 0 aromatic heterocycles. The highest BCUT2D eigenvalue weighted by molar-refractivity contribution is 7.91. The van der Waals surface area contributed by atoms with Crippen LogP contribution in [0.5, 0.6) is 5.75 Å². The van der Waals surface area contributed by atoms with Crippen molar-refractivity contribution in [1.29, 1.82) is 0 Å². The molecule has 0 spiro atoms. The van der Waals surface area contributed by atoms with Gasteiger partial charge in [0.1, 0.15) is 5.75 Å². The van der Waals surface area contributed by atoms with Crippen LogP contribution in [-0.4, -0.2) is 45.0 Å². The molecule has 0 bridgehead atoms. The molecule has 2 heterocycles. The molecule has 116 valence electrons. The Morgan fingerprint density at radius 3 is 2.62 bits per heavy atom. The topological polar surface area (TPSA) is 46.6 Å². The second-order valence-electron chi connectivity index (χ2n) is 6.20. The van der Waals surface area contributed by atoms with Gasteiger partial charge in [0.2, 0.25) is 0 Å². The average Bonchev–Trinajstić information content (AvgIpc) is 3.06. The predicted molar refractivity (Wildman–Crippen MR) is 83.3 cm³/mol. The van der Waals surface area contributed by atoms with Crippen molar-refractivity contribution in [3.8, 4) is 5.75 Å². The van der Waals surface area contributed by atoms with Gasteiger partial charge in [-0.25, -0.2) is 8.42 Å². The molecule has 2 aliphatic rings. The highest BCUT2D eigenvalue weighted by Crippen LogP contribution is 2.34. The molecule has 0 amide bonds. The van der Waals surface area contributed by atoms with Crippen molar-refractivity contribution in [1.82, 2.24) is 4.90 Å². The number of nitrogens with zero attached hydrogens (tertiary/aromatic N) is 1. The van der Waals surface area contributed by atoms with Crippen molar-refractivity contribution >= 4 is 9.84 Å². The molecule has 0 aliphatic carbocycles. The lowest BCUT2D eigenvalue weighted by atomic mass is 10.0. The number of rotatable bonds is 4. The number of benzene rings is 1. The first-order valence-corrected chi connectivity index (χ1v) is 9.48. The van der Waals surface area contributed by atoms with Crippen molar-refractivity contribution in [3.63, 3.8) is 0 Å². The van der Waals surface area contributed by atoms with Gasteiger partial charge in [-0.2, -0.15) is 0 Å². The van der Waals surface area contributed by atoms with Crippen LogP contribution >= 0.6 is 0 Å². The Morgan fingerprint density at radius 1 is 1.24 bits per heavy atom. The van der Waals surface area contributed by atoms with Gasteiger partial charge in [-0.1, -0.05) is 12.1 Å². The Kier molecular flexibility index (Phi) is 4.22. The number of methoxy groups -OCH3 is 1. The molecular formula is C16H23NO3S. The zero-order chi connectivity index (χ0) is 14.9. The summed E-state index contributed by atoms with van der Waals surface area (Å²) < 4.78 is 28.4. The molecule has 2 atom stereocenters. The highest BCUT2D eigenvalue weighted by Gasteiger charge is 2.33. The fourth-order valence-corrected chi connectivity index (χ4v) is 5.45. The van der Waals surface area contributed by atoms with Crippen LogP contribution in [0.25, 0.3) is 0 Å². The minimum absolute atomic E-state index is 0.314. The maximum absolute atomic E-state index is 11.6. The van der Waals surface area contributed by atoms with Gasteiger partial charge >= 0.3 is 0 Å². The van der Waals surface area contributed by atoms with Crippen LogP contribution in [0.4, 0.5) is 0 Å². The molecule has 0 saturated carbocycles. The molecule has 1 aromatic carbocycles. The first kappa shape index (κ1) is 14.9. The molecule has 2 aliphatic heterocycles. The van der Waals surface area contributed by atoms with Crippen molar-refractivity contribution in [3.05, 3.63) is 29.8 Å². The Bertz CT molecular complexity index is 582. The number of ether oxygens (including phenoxy) is 1. The molecule has 0 unspecified atom stereocenters. The maximum atomic E-state index is 11.6. The monoisotopic (exact) mass is 309 g/mol. The largest absolute Gasteiger partial charge is 0.497 e. The van der Waals surface area contributed by atoms with Gasteiger partial charge in [-0.05, 0) is 49.4 Å². The van der Waals surface area contributed by atoms with E-state index in [1.54, 1.807) is 7.11 Å². The maximum Gasteiger partial charge on any atom is 0.150 e. The third-order valence-electron chi connectivity index (χ3n) is 4.68. The minimum Gasteiger partial charge on any atom is -0.497 e. The van der Waals surface area contributed by atoms with Gasteiger partial charge < -0.3 is 4.74 Å². The molecule has 1 aromatic rings. The van der Waals surface area contributed by atoms with E-state index in [0.717, 1.165) is 31.7 Å². The van der Waals surface area contributed by atoms with Gasteiger partial charge in [-0.3, -0.25) is 4.90 Å². The zero-order valence-electron chi connectivity index (χ0n) is 12.5. The van der Waals surface area contributed by atoms with Crippen molar-refractivity contribution < 1.29 is 13.2 Å². The van der Waals surface area contributed by atoms with E-state index in [2.05, 4.69) is 17.0 Å². The van der Waals surface area contributed by atoms with Crippen LogP contribution in [0, 0.1) is 5.92 Å². The highest BCUT2D eigenvalue weighted by atomic mass is 32.2. The normalized spacial score (nSPS) is 28.8. The number of hydrogen-bond donors (Lipinski definition) is 0. The van der Waals surface area contributed by atoms with E-state index in [4.69, 9.17) is 4.74 Å². The first-order valence-electron chi connectivity index (χ1n) is 7.66. The third kappa shape index (κ3) is 3.40. The zero-order valence-corrected chi connectivity index (χ0v) is 13.3. The summed E-state index contributed by atoms with van der Waals surface area (Å²) in [5, 5.41) is 0. The summed E-state index contributed by atoms with van der Waals surface area (Å²) in [6, 6.07) is 8.71. The second kappa shape index (κ2) is 5.97. The van der Waals surface area contributed by atoms with E-state index in [0.29, 0.717) is 23.5 Å². The van der Waals surface area contributed by atoms with Gasteiger partial charge in [0.25, 0.3) is 0 Å². The summed E-state index contributed by atoms with van der Waals surface area (Å²) >= 11 is 0. The van der Waals surface area contributed by atoms with Gasteiger partial charge in [0.15, 0.2) is 9.84 Å². The minimum atomic E-state index is -2.77. The summed E-state index contributed by atoms with van der Waals surface area (Å²) in [7, 11) is -1.09. The van der Waals surface area contributed by atoms with Gasteiger partial charge in [0, 0.05) is 12.6 Å². The molecule has 2 saturated heterocycles. The molecule has 5 heteroatoms. The van der Waals surface area contributed by atoms with E-state index in [9.17, 15) is 8.42 Å². The molecule has 2 fully saturated rings. The summed E-state index contributed by atoms with van der Waals surface area (Å²) in [6.45, 7) is 1.99. The average molecular weight is 309 g/mol. The van der Waals surface area contributed by atoms with Crippen LogP contribution in [0.3, 0.4) is 0 Å². The predicted octanol–water partition coefficient (Wildman–Crippen LogP) is 2.27. The summed E-state index contributed by atoms with van der Waals surface area (Å²) in [5.41, 5.74) is 1.31. The Hall–Kier alpha value is -1.07. The van der Waals surface area contributed by atoms with Crippen LogP contribution in [0.1, 0.15) is 30.9 Å². The molecule has 0 radical (unpaired) electrons. The van der Waals surface area contributed by atoms with Crippen LogP contribution < -0.4 is 4.74 Å². The standard InChI is InChI=1S/C16H23NO3S/c1-20-15-6-4-14(5-7-15)16-3-2-9-17(16)11-13-8-10-21(18,19)12-13/h4-7,13,16H,2-3,8-12H2,1H3/t13-,16+/m1/s1. The number of sulfone groups is 1. The SMILES string of the molecule is COc1ccc([C@@H]2CCCN2C[C@H]2CCS(=O)(=O)C2)cc1. The van der Waals surface area contributed by atoms with Crippen LogP contribution in [-0.2, 0) is 9.84 Å². The van der Waals surface area contributed by atoms with E-state index in [-0.39, 0.29) is 0 Å². The number of likely N-dealkylation sites (tertiary alicyclic amines) is 1. The third-order valence-corrected chi connectivity index (χ3v) is 6.52. The van der Waals surface area contributed by atoms with E-state index >= 15 is 0 Å². The summed E-state index contributed by atoms with van der Waals surface area (Å²) in [6.07, 6.45) is 3.18. The van der Waals surface area contributed by atoms with Crippen molar-refractivity contribution in [2.75, 3.05) is 31.7 Å². The smallest absolute Gasteiger partial charge is 0.150 e. The van der Waals surface area contributed by atoms with E-state index < -0.39 is 9.84 Å².